The molecule has 2 bridgehead atoms. The van der Waals surface area contributed by atoms with Crippen LogP contribution in [0, 0.1) is 17.8 Å². The molecule has 0 N–H and O–H groups in total. The Morgan fingerprint density at radius 2 is 1.97 bits per heavy atom. The first kappa shape index (κ1) is 21.6. The van der Waals surface area contributed by atoms with Crippen molar-refractivity contribution in [1.29, 1.82) is 0 Å². The van der Waals surface area contributed by atoms with Crippen molar-refractivity contribution in [2.75, 3.05) is 6.54 Å². The Kier molecular flexibility index (Phi) is 5.40. The Morgan fingerprint density at radius 3 is 2.75 bits per heavy atom. The van der Waals surface area contributed by atoms with Crippen molar-refractivity contribution in [2.45, 2.75) is 63.9 Å². The summed E-state index contributed by atoms with van der Waals surface area (Å²) in [7, 11) is 0. The zero-order valence-corrected chi connectivity index (χ0v) is 20.7. The van der Waals surface area contributed by atoms with E-state index in [0.717, 1.165) is 41.1 Å². The number of likely N-dealkylation sites (tertiary alicyclic amines) is 1. The number of rotatable bonds is 5. The number of para-hydroxylation sites is 1. The summed E-state index contributed by atoms with van der Waals surface area (Å²) in [5.74, 6) is 1.61. The summed E-state index contributed by atoms with van der Waals surface area (Å²) < 4.78 is 2.05. The molecule has 2 aliphatic rings. The number of carbonyl (C=O) groups is 1. The molecule has 0 radical (unpaired) electrons. The summed E-state index contributed by atoms with van der Waals surface area (Å²) in [6.45, 7) is 9.81. The maximum atomic E-state index is 13.3. The van der Waals surface area contributed by atoms with E-state index in [-0.39, 0.29) is 11.3 Å². The maximum Gasteiger partial charge on any atom is 0.273 e. The molecule has 1 aliphatic carbocycles. The van der Waals surface area contributed by atoms with Crippen LogP contribution in [-0.4, -0.2) is 43.1 Å². The van der Waals surface area contributed by atoms with Crippen LogP contribution in [0.2, 0.25) is 0 Å². The zero-order valence-electron chi connectivity index (χ0n) is 19.0. The molecule has 3 heterocycles. The first-order valence-corrected chi connectivity index (χ1v) is 13.0. The fourth-order valence-electron chi connectivity index (χ4n) is 5.76. The second-order valence-electron chi connectivity index (χ2n) is 10.3. The molecule has 2 fully saturated rings. The van der Waals surface area contributed by atoms with Crippen molar-refractivity contribution >= 4 is 29.0 Å². The second kappa shape index (κ2) is 7.99. The van der Waals surface area contributed by atoms with Gasteiger partial charge in [-0.2, -0.15) is 0 Å². The summed E-state index contributed by atoms with van der Waals surface area (Å²) in [4.78, 5) is 20.1. The van der Waals surface area contributed by atoms with Gasteiger partial charge in [0.05, 0.1) is 5.75 Å². The molecule has 1 aliphatic heterocycles. The number of benzene rings is 1. The van der Waals surface area contributed by atoms with E-state index < -0.39 is 0 Å². The molecular formula is C24H29N5OS2. The molecule has 1 saturated carbocycles. The molecule has 0 spiro atoms. The zero-order chi connectivity index (χ0) is 22.5. The van der Waals surface area contributed by atoms with Gasteiger partial charge in [0.15, 0.2) is 5.16 Å². The van der Waals surface area contributed by atoms with Gasteiger partial charge in [-0.05, 0) is 49.1 Å². The van der Waals surface area contributed by atoms with Crippen LogP contribution in [-0.2, 0) is 5.75 Å². The standard InChI is InChI=1S/C24H29N5OS2/c1-16-26-27-22(29(16)17-8-6-5-7-9-17)32-13-20-25-19(12-31-20)21(30)28-15-24(4)11-18(28)10-23(2,3)14-24/h5-9,12,18H,10-11,13-15H2,1-4H3. The van der Waals surface area contributed by atoms with Gasteiger partial charge < -0.3 is 4.90 Å². The molecule has 168 valence electrons. The number of hydrogen-bond acceptors (Lipinski definition) is 6. The number of thioether (sulfide) groups is 1. The first-order chi connectivity index (χ1) is 15.2. The van der Waals surface area contributed by atoms with Crippen molar-refractivity contribution in [3.05, 3.63) is 52.2 Å². The van der Waals surface area contributed by atoms with E-state index in [4.69, 9.17) is 4.98 Å². The van der Waals surface area contributed by atoms with E-state index >= 15 is 0 Å². The van der Waals surface area contributed by atoms with Crippen LogP contribution in [0.3, 0.4) is 0 Å². The van der Waals surface area contributed by atoms with E-state index in [1.165, 1.54) is 6.42 Å². The second-order valence-corrected chi connectivity index (χ2v) is 12.1. The summed E-state index contributed by atoms with van der Waals surface area (Å²) >= 11 is 3.15. The van der Waals surface area contributed by atoms with Gasteiger partial charge in [-0.25, -0.2) is 4.98 Å². The van der Waals surface area contributed by atoms with Gasteiger partial charge >= 0.3 is 0 Å². The Bertz CT molecular complexity index is 1140. The smallest absolute Gasteiger partial charge is 0.273 e. The quantitative estimate of drug-likeness (QED) is 0.472. The van der Waals surface area contributed by atoms with Gasteiger partial charge in [-0.15, -0.1) is 21.5 Å². The number of hydrogen-bond donors (Lipinski definition) is 0. The number of carbonyl (C=O) groups excluding carboxylic acids is 1. The minimum Gasteiger partial charge on any atom is -0.334 e. The SMILES string of the molecule is Cc1nnc(SCc2nc(C(=O)N3CC4(C)CC3CC(C)(C)C4)cs2)n1-c1ccccc1. The molecule has 32 heavy (non-hydrogen) atoms. The van der Waals surface area contributed by atoms with Gasteiger partial charge in [-0.3, -0.25) is 9.36 Å². The van der Waals surface area contributed by atoms with E-state index in [0.29, 0.717) is 22.9 Å². The van der Waals surface area contributed by atoms with Gasteiger partial charge in [-0.1, -0.05) is 50.7 Å². The third-order valence-electron chi connectivity index (χ3n) is 6.58. The normalized spacial score (nSPS) is 24.1. The molecule has 6 nitrogen and oxygen atoms in total. The van der Waals surface area contributed by atoms with Gasteiger partial charge in [0, 0.05) is 23.7 Å². The van der Waals surface area contributed by atoms with E-state index in [9.17, 15) is 4.79 Å². The van der Waals surface area contributed by atoms with Gasteiger partial charge in [0.1, 0.15) is 16.5 Å². The molecule has 1 saturated heterocycles. The van der Waals surface area contributed by atoms with Crippen molar-refractivity contribution < 1.29 is 4.79 Å². The lowest BCUT2D eigenvalue weighted by molar-refractivity contribution is 0.0703. The van der Waals surface area contributed by atoms with E-state index in [1.807, 2.05) is 30.5 Å². The molecule has 8 heteroatoms. The van der Waals surface area contributed by atoms with E-state index in [1.54, 1.807) is 23.1 Å². The largest absolute Gasteiger partial charge is 0.334 e. The number of aromatic nitrogens is 4. The highest BCUT2D eigenvalue weighted by Crippen LogP contribution is 2.52. The van der Waals surface area contributed by atoms with Gasteiger partial charge in [0.2, 0.25) is 0 Å². The van der Waals surface area contributed by atoms with Gasteiger partial charge in [0.25, 0.3) is 5.91 Å². The molecule has 2 aromatic heterocycles. The average Bonchev–Trinajstić information content (AvgIpc) is 3.41. The number of amides is 1. The molecule has 1 amide bonds. The minimum absolute atomic E-state index is 0.0900. The van der Waals surface area contributed by atoms with Crippen molar-refractivity contribution in [3.8, 4) is 5.69 Å². The molecule has 2 unspecified atom stereocenters. The number of thiazole rings is 1. The fourth-order valence-corrected chi connectivity index (χ4v) is 7.54. The molecule has 3 aromatic rings. The van der Waals surface area contributed by atoms with Crippen molar-refractivity contribution in [3.63, 3.8) is 0 Å². The topological polar surface area (TPSA) is 63.9 Å². The monoisotopic (exact) mass is 467 g/mol. The summed E-state index contributed by atoms with van der Waals surface area (Å²) in [6, 6.07) is 10.5. The van der Waals surface area contributed by atoms with Crippen LogP contribution in [0.15, 0.2) is 40.9 Å². The Morgan fingerprint density at radius 1 is 1.19 bits per heavy atom. The van der Waals surface area contributed by atoms with Crippen LogP contribution in [0.4, 0.5) is 0 Å². The highest BCUT2D eigenvalue weighted by atomic mass is 32.2. The lowest BCUT2D eigenvalue weighted by atomic mass is 9.65. The highest BCUT2D eigenvalue weighted by molar-refractivity contribution is 7.98. The number of nitrogens with zero attached hydrogens (tertiary/aromatic N) is 5. The third kappa shape index (κ3) is 4.10. The summed E-state index contributed by atoms with van der Waals surface area (Å²) in [6.07, 6.45) is 3.37. The van der Waals surface area contributed by atoms with Crippen LogP contribution >= 0.6 is 23.1 Å². The average molecular weight is 468 g/mol. The Hall–Kier alpha value is -2.19. The summed E-state index contributed by atoms with van der Waals surface area (Å²) in [5.41, 5.74) is 2.16. The first-order valence-electron chi connectivity index (χ1n) is 11.1. The summed E-state index contributed by atoms with van der Waals surface area (Å²) in [5, 5.41) is 12.3. The lowest BCUT2D eigenvalue weighted by Crippen LogP contribution is -2.37. The lowest BCUT2D eigenvalue weighted by Gasteiger charge is -2.39. The third-order valence-corrected chi connectivity index (χ3v) is 8.55. The van der Waals surface area contributed by atoms with Crippen LogP contribution in [0.5, 0.6) is 0 Å². The number of fused-ring (bicyclic) bond motifs is 2. The molecule has 1 aromatic carbocycles. The predicted molar refractivity (Wildman–Crippen MR) is 128 cm³/mol. The highest BCUT2D eigenvalue weighted by Gasteiger charge is 2.51. The number of aryl methyl sites for hydroxylation is 1. The molecular weight excluding hydrogens is 438 g/mol. The predicted octanol–water partition coefficient (Wildman–Crippen LogP) is 5.37. The Balaban J connectivity index is 1.28. The Labute approximate surface area is 197 Å². The molecule has 2 atom stereocenters. The van der Waals surface area contributed by atoms with Crippen LogP contribution in [0.1, 0.15) is 61.4 Å². The maximum absolute atomic E-state index is 13.3. The fraction of sp³-hybridized carbons (Fsp3) is 0.500. The van der Waals surface area contributed by atoms with Crippen molar-refractivity contribution in [2.24, 2.45) is 10.8 Å². The van der Waals surface area contributed by atoms with E-state index in [2.05, 4.69) is 52.6 Å². The van der Waals surface area contributed by atoms with Crippen molar-refractivity contribution in [1.82, 2.24) is 24.6 Å². The van der Waals surface area contributed by atoms with Crippen LogP contribution < -0.4 is 0 Å². The van der Waals surface area contributed by atoms with Crippen LogP contribution in [0.25, 0.3) is 5.69 Å². The minimum atomic E-state index is 0.0900. The molecule has 5 rings (SSSR count).